The first-order chi connectivity index (χ1) is 17.7. The van der Waals surface area contributed by atoms with E-state index in [1.54, 1.807) is 30.3 Å². The van der Waals surface area contributed by atoms with E-state index >= 15 is 8.78 Å². The second kappa shape index (κ2) is 8.23. The maximum Gasteiger partial charge on any atom is 0.460 e. The largest absolute Gasteiger partial charge is 0.460 e. The lowest BCUT2D eigenvalue weighted by atomic mass is 9.97. The van der Waals surface area contributed by atoms with Gasteiger partial charge >= 0.3 is 23.9 Å². The smallest absolute Gasteiger partial charge is 0.452 e. The fraction of sp³-hybridized carbons (Fsp3) is 0.200. The molecular weight excluding hydrogens is 529 g/mol. The number of hydrogen-bond acceptors (Lipinski definition) is 3. The van der Waals surface area contributed by atoms with Crippen molar-refractivity contribution in [3.8, 4) is 16.8 Å². The van der Waals surface area contributed by atoms with E-state index < -0.39 is 41.0 Å². The molecule has 0 radical (unpaired) electrons. The zero-order valence-electron chi connectivity index (χ0n) is 19.0. The van der Waals surface area contributed by atoms with E-state index in [2.05, 4.69) is 10.3 Å². The van der Waals surface area contributed by atoms with Crippen LogP contribution in [0.2, 0.25) is 0 Å². The molecule has 0 aliphatic carbocycles. The van der Waals surface area contributed by atoms with Crippen LogP contribution in [0.5, 0.6) is 0 Å². The summed E-state index contributed by atoms with van der Waals surface area (Å²) in [5.41, 5.74) is -0.125. The quantitative estimate of drug-likeness (QED) is 0.211. The first kappa shape index (κ1) is 25.6. The maximum absolute atomic E-state index is 15.3. The Balaban J connectivity index is 1.86. The molecular formula is C25H14F9N3O. The Morgan fingerprint density at radius 3 is 2.03 bits per heavy atom. The third-order valence-corrected chi connectivity index (χ3v) is 6.16. The van der Waals surface area contributed by atoms with Gasteiger partial charge < -0.3 is 4.42 Å². The van der Waals surface area contributed by atoms with Gasteiger partial charge in [0, 0.05) is 10.9 Å². The molecule has 4 nitrogen and oxygen atoms in total. The first-order valence-corrected chi connectivity index (χ1v) is 10.8. The fourth-order valence-electron chi connectivity index (χ4n) is 4.19. The predicted octanol–water partition coefficient (Wildman–Crippen LogP) is 8.07. The third kappa shape index (κ3) is 3.47. The molecule has 198 valence electrons. The highest BCUT2D eigenvalue weighted by Gasteiger charge is 2.83. The Morgan fingerprint density at radius 2 is 1.37 bits per heavy atom. The van der Waals surface area contributed by atoms with E-state index in [1.165, 1.54) is 43.3 Å². The van der Waals surface area contributed by atoms with Crippen LogP contribution in [0, 0.1) is 6.92 Å². The Bertz CT molecular complexity index is 1650. The highest BCUT2D eigenvalue weighted by Crippen LogP contribution is 2.58. The monoisotopic (exact) mass is 543 g/mol. The Labute approximate surface area is 207 Å². The van der Waals surface area contributed by atoms with Crippen LogP contribution in [-0.2, 0) is 5.92 Å². The minimum atomic E-state index is -7.10. The number of benzene rings is 3. The summed E-state index contributed by atoms with van der Waals surface area (Å²) in [7, 11) is 0. The summed E-state index contributed by atoms with van der Waals surface area (Å²) in [5.74, 6) is -22.3. The van der Waals surface area contributed by atoms with Gasteiger partial charge in [0.15, 0.2) is 0 Å². The lowest BCUT2D eigenvalue weighted by molar-refractivity contribution is -0.401. The fourth-order valence-corrected chi connectivity index (χ4v) is 4.19. The zero-order chi connectivity index (χ0) is 27.7. The van der Waals surface area contributed by atoms with Crippen molar-refractivity contribution in [3.05, 3.63) is 78.1 Å². The van der Waals surface area contributed by atoms with Crippen molar-refractivity contribution in [1.29, 1.82) is 0 Å². The second-order valence-corrected chi connectivity index (χ2v) is 8.47. The number of fused-ring (bicyclic) bond motifs is 2. The van der Waals surface area contributed by atoms with Gasteiger partial charge in [-0.15, -0.1) is 5.10 Å². The molecule has 0 amide bonds. The summed E-state index contributed by atoms with van der Waals surface area (Å²) in [6.45, 7) is 1.40. The molecule has 0 bridgehead atoms. The molecule has 2 aromatic heterocycles. The average Bonchev–Trinajstić information content (AvgIpc) is 3.46. The van der Waals surface area contributed by atoms with Crippen LogP contribution in [0.15, 0.2) is 71.1 Å². The van der Waals surface area contributed by atoms with Crippen molar-refractivity contribution in [2.45, 2.75) is 30.9 Å². The van der Waals surface area contributed by atoms with Crippen molar-refractivity contribution in [2.24, 2.45) is 0 Å². The molecule has 0 unspecified atom stereocenters. The molecule has 0 atom stereocenters. The average molecular weight is 543 g/mol. The molecule has 5 aromatic rings. The summed E-state index contributed by atoms with van der Waals surface area (Å²) in [4.78, 5) is 0. The van der Waals surface area contributed by atoms with Crippen molar-refractivity contribution >= 4 is 22.0 Å². The second-order valence-electron chi connectivity index (χ2n) is 8.47. The molecule has 0 N–H and O–H groups in total. The number of nitrogens with zero attached hydrogens (tertiary/aromatic N) is 3. The molecule has 0 saturated heterocycles. The molecule has 0 saturated carbocycles. The van der Waals surface area contributed by atoms with E-state index in [4.69, 9.17) is 4.42 Å². The number of aromatic nitrogens is 3. The minimum Gasteiger partial charge on any atom is -0.452 e. The Kier molecular flexibility index (Phi) is 5.55. The third-order valence-electron chi connectivity index (χ3n) is 6.16. The van der Waals surface area contributed by atoms with E-state index in [0.717, 1.165) is 0 Å². The van der Waals surface area contributed by atoms with E-state index in [0.29, 0.717) is 15.8 Å². The molecule has 13 heteroatoms. The molecule has 0 spiro atoms. The predicted molar refractivity (Wildman–Crippen MR) is 119 cm³/mol. The number of hydrogen-bond donors (Lipinski definition) is 0. The molecule has 0 fully saturated rings. The normalized spacial score (nSPS) is 13.5. The van der Waals surface area contributed by atoms with Gasteiger partial charge in [0.25, 0.3) is 0 Å². The van der Waals surface area contributed by atoms with Gasteiger partial charge in [-0.2, -0.15) is 39.5 Å². The van der Waals surface area contributed by atoms with Gasteiger partial charge in [-0.05, 0) is 36.2 Å². The van der Waals surface area contributed by atoms with Crippen molar-refractivity contribution in [1.82, 2.24) is 15.0 Å². The molecule has 38 heavy (non-hydrogen) atoms. The number of aryl methyl sites for hydroxylation is 1. The number of alkyl halides is 9. The number of rotatable bonds is 5. The van der Waals surface area contributed by atoms with Crippen LogP contribution in [0.4, 0.5) is 39.5 Å². The highest BCUT2D eigenvalue weighted by molar-refractivity contribution is 5.95. The lowest BCUT2D eigenvalue weighted by Gasteiger charge is -2.32. The van der Waals surface area contributed by atoms with Crippen molar-refractivity contribution in [3.63, 3.8) is 0 Å². The summed E-state index contributed by atoms with van der Waals surface area (Å²) in [6, 6.07) is 16.7. The van der Waals surface area contributed by atoms with Gasteiger partial charge in [0.2, 0.25) is 5.76 Å². The summed E-state index contributed by atoms with van der Waals surface area (Å²) < 4.78 is 132. The van der Waals surface area contributed by atoms with Gasteiger partial charge in [-0.3, -0.25) is 0 Å². The zero-order valence-corrected chi connectivity index (χ0v) is 19.0. The number of halogens is 9. The molecule has 0 aliphatic rings. The highest BCUT2D eigenvalue weighted by atomic mass is 19.4. The van der Waals surface area contributed by atoms with Crippen LogP contribution in [0.3, 0.4) is 0 Å². The lowest BCUT2D eigenvalue weighted by Crippen LogP contribution is -2.59. The molecule has 2 heterocycles. The van der Waals surface area contributed by atoms with Crippen LogP contribution >= 0.6 is 0 Å². The molecule has 0 aliphatic heterocycles. The van der Waals surface area contributed by atoms with Crippen LogP contribution < -0.4 is 0 Å². The van der Waals surface area contributed by atoms with E-state index in [-0.39, 0.29) is 22.0 Å². The number of furan rings is 1. The first-order valence-electron chi connectivity index (χ1n) is 10.8. The molecule has 3 aromatic carbocycles. The number of para-hydroxylation sites is 1. The van der Waals surface area contributed by atoms with Gasteiger partial charge in [0.1, 0.15) is 16.8 Å². The van der Waals surface area contributed by atoms with Gasteiger partial charge in [-0.1, -0.05) is 53.7 Å². The van der Waals surface area contributed by atoms with Crippen LogP contribution in [0.25, 0.3) is 38.8 Å². The van der Waals surface area contributed by atoms with E-state index in [9.17, 15) is 30.7 Å². The summed E-state index contributed by atoms with van der Waals surface area (Å²) >= 11 is 0. The standard InChI is InChI=1S/C25H14F9N3O/c1-13-15(14-7-3-2-4-8-14)11-12-16-19(37-18-10-6-5-9-17(18)35-36-37)21(38-20(13)16)22(26,27)23(28,29)24(30,31)25(32,33)34/h2-12H,1H3. The van der Waals surface area contributed by atoms with Gasteiger partial charge in [-0.25, -0.2) is 4.68 Å². The SMILES string of the molecule is Cc1c(-c2ccccc2)ccc2c(-n3nnc4ccccc43)c(C(F)(F)C(F)(F)C(F)(F)C(F)(F)F)oc12. The minimum absolute atomic E-state index is 0.0112. The van der Waals surface area contributed by atoms with Crippen LogP contribution in [0.1, 0.15) is 11.3 Å². The summed E-state index contributed by atoms with van der Waals surface area (Å²) in [6.07, 6.45) is -6.98. The molecule has 5 rings (SSSR count). The summed E-state index contributed by atoms with van der Waals surface area (Å²) in [5, 5.41) is 7.16. The van der Waals surface area contributed by atoms with Gasteiger partial charge in [0.05, 0.1) is 5.52 Å². The topological polar surface area (TPSA) is 43.9 Å². The Hall–Kier alpha value is -4.03. The van der Waals surface area contributed by atoms with Crippen molar-refractivity contribution < 1.29 is 43.9 Å². The van der Waals surface area contributed by atoms with E-state index in [1.807, 2.05) is 0 Å². The Morgan fingerprint density at radius 1 is 0.737 bits per heavy atom. The van der Waals surface area contributed by atoms with Crippen molar-refractivity contribution in [2.75, 3.05) is 0 Å². The van der Waals surface area contributed by atoms with Crippen LogP contribution in [-0.4, -0.2) is 33.0 Å². The maximum atomic E-state index is 15.3.